The Labute approximate surface area is 102 Å². The lowest BCUT2D eigenvalue weighted by atomic mass is 10.1. The molecule has 96 valence electrons. The summed E-state index contributed by atoms with van der Waals surface area (Å²) >= 11 is 0. The highest BCUT2D eigenvalue weighted by Gasteiger charge is 2.23. The van der Waals surface area contributed by atoms with Crippen molar-refractivity contribution in [2.75, 3.05) is 13.1 Å². The van der Waals surface area contributed by atoms with Gasteiger partial charge in [0.05, 0.1) is 0 Å². The van der Waals surface area contributed by atoms with Gasteiger partial charge in [-0.3, -0.25) is 9.59 Å². The largest absolute Gasteiger partial charge is 0.356 e. The van der Waals surface area contributed by atoms with Crippen LogP contribution in [0.4, 0.5) is 0 Å². The Hall–Kier alpha value is -1.10. The van der Waals surface area contributed by atoms with Crippen LogP contribution in [0.3, 0.4) is 0 Å². The van der Waals surface area contributed by atoms with Gasteiger partial charge in [-0.05, 0) is 32.2 Å². The molecule has 1 saturated carbocycles. The van der Waals surface area contributed by atoms with E-state index in [4.69, 9.17) is 0 Å². The van der Waals surface area contributed by atoms with E-state index in [1.807, 2.05) is 0 Å². The van der Waals surface area contributed by atoms with E-state index in [0.717, 1.165) is 32.2 Å². The molecule has 5 nitrogen and oxygen atoms in total. The van der Waals surface area contributed by atoms with Crippen molar-refractivity contribution in [2.24, 2.45) is 0 Å². The highest BCUT2D eigenvalue weighted by atomic mass is 16.2. The summed E-state index contributed by atoms with van der Waals surface area (Å²) in [6.07, 6.45) is 5.36. The van der Waals surface area contributed by atoms with E-state index in [9.17, 15) is 9.59 Å². The van der Waals surface area contributed by atoms with Gasteiger partial charge in [-0.1, -0.05) is 0 Å². The van der Waals surface area contributed by atoms with Crippen molar-refractivity contribution in [3.05, 3.63) is 0 Å². The van der Waals surface area contributed by atoms with E-state index in [2.05, 4.69) is 16.0 Å². The third kappa shape index (κ3) is 4.73. The maximum atomic E-state index is 11.5. The Morgan fingerprint density at radius 3 is 2.65 bits per heavy atom. The van der Waals surface area contributed by atoms with Gasteiger partial charge in [0.1, 0.15) is 0 Å². The molecule has 3 N–H and O–H groups in total. The van der Waals surface area contributed by atoms with Gasteiger partial charge in [0, 0.05) is 31.5 Å². The van der Waals surface area contributed by atoms with Crippen LogP contribution >= 0.6 is 0 Å². The van der Waals surface area contributed by atoms with Crippen molar-refractivity contribution in [3.8, 4) is 0 Å². The lowest BCUT2D eigenvalue weighted by Crippen LogP contribution is -2.34. The fourth-order valence-corrected chi connectivity index (χ4v) is 2.07. The molecule has 1 unspecified atom stereocenters. The molecule has 0 bridgehead atoms. The molecule has 2 fully saturated rings. The van der Waals surface area contributed by atoms with Crippen LogP contribution < -0.4 is 16.0 Å². The molecule has 0 spiro atoms. The Bertz CT molecular complexity index is 283. The van der Waals surface area contributed by atoms with E-state index in [-0.39, 0.29) is 11.8 Å². The monoisotopic (exact) mass is 239 g/mol. The average Bonchev–Trinajstić information content (AvgIpc) is 2.93. The number of nitrogens with one attached hydrogen (secondary N) is 3. The molecule has 0 aromatic heterocycles. The summed E-state index contributed by atoms with van der Waals surface area (Å²) in [5.41, 5.74) is 0. The van der Waals surface area contributed by atoms with Crippen LogP contribution in [0.5, 0.6) is 0 Å². The predicted molar refractivity (Wildman–Crippen MR) is 64.4 cm³/mol. The third-order valence-electron chi connectivity index (χ3n) is 3.21. The predicted octanol–water partition coefficient (Wildman–Crippen LogP) is -0.0866. The van der Waals surface area contributed by atoms with E-state index >= 15 is 0 Å². The summed E-state index contributed by atoms with van der Waals surface area (Å²) in [6, 6.07) is 0.733. The highest BCUT2D eigenvalue weighted by Crippen LogP contribution is 2.18. The second-order valence-electron chi connectivity index (χ2n) is 4.94. The molecular weight excluding hydrogens is 218 g/mol. The lowest BCUT2D eigenvalue weighted by Gasteiger charge is -2.10. The van der Waals surface area contributed by atoms with Gasteiger partial charge in [0.25, 0.3) is 0 Å². The zero-order valence-electron chi connectivity index (χ0n) is 10.1. The number of hydrogen-bond acceptors (Lipinski definition) is 3. The van der Waals surface area contributed by atoms with Crippen LogP contribution in [0.15, 0.2) is 0 Å². The highest BCUT2D eigenvalue weighted by molar-refractivity contribution is 5.79. The molecule has 2 rings (SSSR count). The summed E-state index contributed by atoms with van der Waals surface area (Å²) in [5.74, 6) is 0.0930. The molecule has 2 aliphatic rings. The first-order valence-corrected chi connectivity index (χ1v) is 6.53. The van der Waals surface area contributed by atoms with Gasteiger partial charge in [-0.25, -0.2) is 0 Å². The Morgan fingerprint density at radius 2 is 2.00 bits per heavy atom. The number of hydrogen-bond donors (Lipinski definition) is 3. The summed E-state index contributed by atoms with van der Waals surface area (Å²) in [5, 5.41) is 8.97. The molecule has 1 aliphatic heterocycles. The normalized spacial score (nSPS) is 23.4. The van der Waals surface area contributed by atoms with Crippen molar-refractivity contribution in [3.63, 3.8) is 0 Å². The van der Waals surface area contributed by atoms with E-state index in [1.165, 1.54) is 0 Å². The zero-order valence-corrected chi connectivity index (χ0v) is 10.1. The molecule has 0 radical (unpaired) electrons. The number of amides is 2. The number of rotatable bonds is 6. The van der Waals surface area contributed by atoms with Gasteiger partial charge < -0.3 is 16.0 Å². The zero-order chi connectivity index (χ0) is 12.1. The maximum Gasteiger partial charge on any atom is 0.221 e. The molecule has 1 heterocycles. The molecule has 0 aromatic carbocycles. The summed E-state index contributed by atoms with van der Waals surface area (Å²) in [6.45, 7) is 1.46. The van der Waals surface area contributed by atoms with Gasteiger partial charge >= 0.3 is 0 Å². The van der Waals surface area contributed by atoms with Gasteiger partial charge in [-0.15, -0.1) is 0 Å². The maximum absolute atomic E-state index is 11.5. The van der Waals surface area contributed by atoms with Crippen molar-refractivity contribution < 1.29 is 9.59 Å². The molecule has 17 heavy (non-hydrogen) atoms. The fraction of sp³-hybridized carbons (Fsp3) is 0.833. The fourth-order valence-electron chi connectivity index (χ4n) is 2.07. The minimum Gasteiger partial charge on any atom is -0.356 e. The minimum absolute atomic E-state index is 0.0450. The third-order valence-corrected chi connectivity index (χ3v) is 3.21. The first-order chi connectivity index (χ1) is 8.24. The molecule has 1 atom stereocenters. The van der Waals surface area contributed by atoms with Crippen molar-refractivity contribution in [1.82, 2.24) is 16.0 Å². The molecule has 1 saturated heterocycles. The lowest BCUT2D eigenvalue weighted by molar-refractivity contribution is -0.122. The summed E-state index contributed by atoms with van der Waals surface area (Å²) in [7, 11) is 0. The van der Waals surface area contributed by atoms with E-state index < -0.39 is 0 Å². The Kier molecular flexibility index (Phi) is 4.36. The second-order valence-corrected chi connectivity index (χ2v) is 4.94. The van der Waals surface area contributed by atoms with Crippen molar-refractivity contribution in [1.29, 1.82) is 0 Å². The van der Waals surface area contributed by atoms with Crippen LogP contribution in [-0.4, -0.2) is 37.0 Å². The molecular formula is C12H21N3O2. The quantitative estimate of drug-likeness (QED) is 0.607. The molecule has 0 aromatic rings. The van der Waals surface area contributed by atoms with E-state index in [0.29, 0.717) is 31.5 Å². The minimum atomic E-state index is 0.0450. The molecule has 2 amide bonds. The first-order valence-electron chi connectivity index (χ1n) is 6.53. The summed E-state index contributed by atoms with van der Waals surface area (Å²) < 4.78 is 0. The van der Waals surface area contributed by atoms with Crippen molar-refractivity contribution in [2.45, 2.75) is 50.6 Å². The van der Waals surface area contributed by atoms with Crippen LogP contribution in [0.25, 0.3) is 0 Å². The van der Waals surface area contributed by atoms with Crippen LogP contribution in [-0.2, 0) is 9.59 Å². The van der Waals surface area contributed by atoms with E-state index in [1.54, 1.807) is 0 Å². The molecule has 1 aliphatic carbocycles. The Balaban J connectivity index is 1.51. The van der Waals surface area contributed by atoms with Crippen LogP contribution in [0.2, 0.25) is 0 Å². The standard InChI is InChI=1S/C12H21N3O2/c16-11(15-9-3-4-9)5-7-14-12(17)8-10-2-1-6-13-10/h9-10,13H,1-8H2,(H,14,17)(H,15,16). The van der Waals surface area contributed by atoms with Gasteiger partial charge in [0.15, 0.2) is 0 Å². The van der Waals surface area contributed by atoms with Gasteiger partial charge in [-0.2, -0.15) is 0 Å². The number of carbonyl (C=O) groups is 2. The Morgan fingerprint density at radius 1 is 1.18 bits per heavy atom. The van der Waals surface area contributed by atoms with Crippen molar-refractivity contribution >= 4 is 11.8 Å². The second kappa shape index (κ2) is 6.00. The SMILES string of the molecule is O=C(CC1CCCN1)NCCC(=O)NC1CC1. The first kappa shape index (κ1) is 12.4. The van der Waals surface area contributed by atoms with Crippen LogP contribution in [0.1, 0.15) is 38.5 Å². The molecule has 5 heteroatoms. The smallest absolute Gasteiger partial charge is 0.221 e. The van der Waals surface area contributed by atoms with Crippen LogP contribution in [0, 0.1) is 0 Å². The summed E-state index contributed by atoms with van der Waals surface area (Å²) in [4.78, 5) is 22.9. The average molecular weight is 239 g/mol. The number of carbonyl (C=O) groups excluding carboxylic acids is 2. The van der Waals surface area contributed by atoms with Gasteiger partial charge in [0.2, 0.25) is 11.8 Å². The topological polar surface area (TPSA) is 70.2 Å².